The van der Waals surface area contributed by atoms with Crippen LogP contribution in [0.1, 0.15) is 12.8 Å². The number of ether oxygens (including phenoxy) is 1. The standard InChI is InChI=1S/C12H15BrN2O.ClH/c1-15-10(2-8-3-12(8)15)7-16-11-4-9(13)5-14-6-11;/h4-6,8,10,12H,2-3,7H2,1H3;1H. The van der Waals surface area contributed by atoms with E-state index in [2.05, 4.69) is 32.9 Å². The van der Waals surface area contributed by atoms with Crippen molar-refractivity contribution in [2.45, 2.75) is 24.9 Å². The fourth-order valence-electron chi connectivity index (χ4n) is 2.62. The average molecular weight is 320 g/mol. The lowest BCUT2D eigenvalue weighted by atomic mass is 10.2. The summed E-state index contributed by atoms with van der Waals surface area (Å²) in [4.78, 5) is 6.56. The summed E-state index contributed by atoms with van der Waals surface area (Å²) in [5.74, 6) is 1.79. The van der Waals surface area contributed by atoms with Crippen LogP contribution in [0.5, 0.6) is 5.75 Å². The van der Waals surface area contributed by atoms with Crippen LogP contribution in [0.4, 0.5) is 0 Å². The fourth-order valence-corrected chi connectivity index (χ4v) is 2.96. The summed E-state index contributed by atoms with van der Waals surface area (Å²) in [7, 11) is 2.21. The van der Waals surface area contributed by atoms with Gasteiger partial charge in [-0.05, 0) is 47.8 Å². The predicted molar refractivity (Wildman–Crippen MR) is 72.7 cm³/mol. The van der Waals surface area contributed by atoms with Gasteiger partial charge in [-0.1, -0.05) is 0 Å². The lowest BCUT2D eigenvalue weighted by Crippen LogP contribution is -2.33. The third kappa shape index (κ3) is 2.75. The maximum absolute atomic E-state index is 5.78. The van der Waals surface area contributed by atoms with Crippen LogP contribution in [0.15, 0.2) is 22.9 Å². The van der Waals surface area contributed by atoms with Crippen LogP contribution in [-0.4, -0.2) is 35.6 Å². The van der Waals surface area contributed by atoms with Crippen LogP contribution < -0.4 is 4.74 Å². The van der Waals surface area contributed by atoms with Gasteiger partial charge in [0.2, 0.25) is 0 Å². The van der Waals surface area contributed by atoms with E-state index in [1.807, 2.05) is 6.07 Å². The quantitative estimate of drug-likeness (QED) is 0.856. The summed E-state index contributed by atoms with van der Waals surface area (Å²) in [6, 6.07) is 3.39. The topological polar surface area (TPSA) is 25.4 Å². The van der Waals surface area contributed by atoms with Crippen molar-refractivity contribution in [1.29, 1.82) is 0 Å². The van der Waals surface area contributed by atoms with Crippen molar-refractivity contribution < 1.29 is 4.74 Å². The molecule has 0 spiro atoms. The number of piperidine rings is 1. The summed E-state index contributed by atoms with van der Waals surface area (Å²) >= 11 is 3.39. The number of hydrogen-bond donors (Lipinski definition) is 0. The Hall–Kier alpha value is -0.320. The summed E-state index contributed by atoms with van der Waals surface area (Å²) < 4.78 is 6.74. The predicted octanol–water partition coefficient (Wildman–Crippen LogP) is 2.74. The molecule has 1 aliphatic heterocycles. The number of pyridine rings is 1. The molecule has 94 valence electrons. The SMILES string of the molecule is CN1C(COc2cncc(Br)c2)CC2CC21.Cl. The van der Waals surface area contributed by atoms with Crippen LogP contribution in [0.3, 0.4) is 0 Å². The smallest absolute Gasteiger partial charge is 0.138 e. The molecule has 2 fully saturated rings. The van der Waals surface area contributed by atoms with E-state index in [1.54, 1.807) is 12.4 Å². The Bertz CT molecular complexity index is 404. The minimum absolute atomic E-state index is 0. The van der Waals surface area contributed by atoms with E-state index in [0.29, 0.717) is 6.04 Å². The minimum Gasteiger partial charge on any atom is -0.490 e. The molecular formula is C12H16BrClN2O. The van der Waals surface area contributed by atoms with E-state index in [9.17, 15) is 0 Å². The highest BCUT2D eigenvalue weighted by Crippen LogP contribution is 2.46. The minimum atomic E-state index is 0. The highest BCUT2D eigenvalue weighted by Gasteiger charge is 2.50. The van der Waals surface area contributed by atoms with E-state index in [4.69, 9.17) is 4.74 Å². The number of halogens is 2. The molecule has 5 heteroatoms. The van der Waals surface area contributed by atoms with Gasteiger partial charge < -0.3 is 4.74 Å². The highest BCUT2D eigenvalue weighted by atomic mass is 79.9. The van der Waals surface area contributed by atoms with Crippen LogP contribution in [0, 0.1) is 5.92 Å². The van der Waals surface area contributed by atoms with Gasteiger partial charge in [0.25, 0.3) is 0 Å². The molecule has 3 atom stereocenters. The summed E-state index contributed by atoms with van der Waals surface area (Å²) in [6.07, 6.45) is 6.22. The Morgan fingerprint density at radius 3 is 2.94 bits per heavy atom. The van der Waals surface area contributed by atoms with Gasteiger partial charge in [0, 0.05) is 22.8 Å². The third-order valence-electron chi connectivity index (χ3n) is 3.68. The van der Waals surface area contributed by atoms with Gasteiger partial charge in [0.15, 0.2) is 0 Å². The second-order valence-corrected chi connectivity index (χ2v) is 5.68. The van der Waals surface area contributed by atoms with Crippen LogP contribution in [0.2, 0.25) is 0 Å². The Kier molecular flexibility index (Phi) is 3.95. The normalized spacial score (nSPS) is 30.6. The Morgan fingerprint density at radius 1 is 1.47 bits per heavy atom. The molecule has 3 nitrogen and oxygen atoms in total. The van der Waals surface area contributed by atoms with Crippen molar-refractivity contribution in [3.63, 3.8) is 0 Å². The van der Waals surface area contributed by atoms with Gasteiger partial charge in [0.1, 0.15) is 12.4 Å². The first-order valence-electron chi connectivity index (χ1n) is 5.69. The summed E-state index contributed by atoms with van der Waals surface area (Å²) in [6.45, 7) is 0.779. The third-order valence-corrected chi connectivity index (χ3v) is 4.12. The Labute approximate surface area is 116 Å². The first-order valence-corrected chi connectivity index (χ1v) is 6.48. The maximum Gasteiger partial charge on any atom is 0.138 e. The molecule has 0 amide bonds. The average Bonchev–Trinajstić information content (AvgIpc) is 2.96. The molecule has 2 aliphatic rings. The molecule has 0 aromatic carbocycles. The maximum atomic E-state index is 5.78. The summed E-state index contributed by atoms with van der Waals surface area (Å²) in [5.41, 5.74) is 0. The van der Waals surface area contributed by atoms with Crippen molar-refractivity contribution in [2.75, 3.05) is 13.7 Å². The zero-order valence-electron chi connectivity index (χ0n) is 9.67. The lowest BCUT2D eigenvalue weighted by molar-refractivity contribution is 0.176. The highest BCUT2D eigenvalue weighted by molar-refractivity contribution is 9.10. The second kappa shape index (κ2) is 5.12. The fraction of sp³-hybridized carbons (Fsp3) is 0.583. The second-order valence-electron chi connectivity index (χ2n) is 4.77. The molecule has 2 heterocycles. The molecule has 1 aromatic rings. The molecule has 3 rings (SSSR count). The molecule has 17 heavy (non-hydrogen) atoms. The number of hydrogen-bond acceptors (Lipinski definition) is 3. The molecule has 1 aliphatic carbocycles. The first kappa shape index (κ1) is 13.1. The van der Waals surface area contributed by atoms with Crippen LogP contribution in [-0.2, 0) is 0 Å². The molecule has 0 radical (unpaired) electrons. The first-order chi connectivity index (χ1) is 7.74. The molecule has 3 unspecified atom stereocenters. The lowest BCUT2D eigenvalue weighted by Gasteiger charge is -2.22. The van der Waals surface area contributed by atoms with Crippen LogP contribution in [0.25, 0.3) is 0 Å². The van der Waals surface area contributed by atoms with Gasteiger partial charge in [-0.25, -0.2) is 0 Å². The van der Waals surface area contributed by atoms with Gasteiger partial charge in [0.05, 0.1) is 6.20 Å². The molecule has 1 aromatic heterocycles. The monoisotopic (exact) mass is 318 g/mol. The number of aromatic nitrogens is 1. The number of fused-ring (bicyclic) bond motifs is 1. The zero-order chi connectivity index (χ0) is 11.1. The number of likely N-dealkylation sites (N-methyl/N-ethyl adjacent to an activating group) is 1. The van der Waals surface area contributed by atoms with E-state index in [-0.39, 0.29) is 12.4 Å². The van der Waals surface area contributed by atoms with Crippen molar-refractivity contribution in [1.82, 2.24) is 9.88 Å². The van der Waals surface area contributed by atoms with E-state index in [0.717, 1.165) is 28.8 Å². The van der Waals surface area contributed by atoms with Gasteiger partial charge >= 0.3 is 0 Å². The van der Waals surface area contributed by atoms with Crippen molar-refractivity contribution in [3.05, 3.63) is 22.9 Å². The van der Waals surface area contributed by atoms with Gasteiger partial charge in [-0.2, -0.15) is 0 Å². The van der Waals surface area contributed by atoms with E-state index in [1.165, 1.54) is 12.8 Å². The summed E-state index contributed by atoms with van der Waals surface area (Å²) in [5, 5.41) is 0. The van der Waals surface area contributed by atoms with Crippen LogP contribution >= 0.6 is 28.3 Å². The molecule has 0 N–H and O–H groups in total. The van der Waals surface area contributed by atoms with E-state index >= 15 is 0 Å². The van der Waals surface area contributed by atoms with Crippen molar-refractivity contribution in [3.8, 4) is 5.75 Å². The Morgan fingerprint density at radius 2 is 2.29 bits per heavy atom. The van der Waals surface area contributed by atoms with Crippen molar-refractivity contribution in [2.24, 2.45) is 5.92 Å². The molecular weight excluding hydrogens is 304 g/mol. The molecule has 1 saturated carbocycles. The molecule has 1 saturated heterocycles. The number of rotatable bonds is 3. The zero-order valence-corrected chi connectivity index (χ0v) is 12.1. The number of nitrogens with zero attached hydrogens (tertiary/aromatic N) is 2. The van der Waals surface area contributed by atoms with Gasteiger partial charge in [-0.3, -0.25) is 9.88 Å². The van der Waals surface area contributed by atoms with E-state index < -0.39 is 0 Å². The number of likely N-dealkylation sites (tertiary alicyclic amines) is 1. The Balaban J connectivity index is 0.00000108. The molecule has 0 bridgehead atoms. The van der Waals surface area contributed by atoms with Gasteiger partial charge in [-0.15, -0.1) is 12.4 Å². The van der Waals surface area contributed by atoms with Crippen molar-refractivity contribution >= 4 is 28.3 Å². The largest absolute Gasteiger partial charge is 0.490 e.